The molecule has 106 valence electrons. The maximum Gasteiger partial charge on any atom is 0.123 e. The molecule has 2 rings (SSSR count). The minimum absolute atomic E-state index is 0.193. The Balaban J connectivity index is 2.01. The largest absolute Gasteiger partial charge is 0.314 e. The van der Waals surface area contributed by atoms with Gasteiger partial charge in [0.25, 0.3) is 0 Å². The molecule has 0 heterocycles. The highest BCUT2D eigenvalue weighted by atomic mass is 19.1. The summed E-state index contributed by atoms with van der Waals surface area (Å²) < 4.78 is 12.9. The average molecular weight is 271 g/mol. The van der Waals surface area contributed by atoms with E-state index < -0.39 is 0 Å². The predicted octanol–water partition coefficient (Wildman–Crippen LogP) is 4.42. The second kappa shape index (κ2) is 7.20. The van der Waals surface area contributed by atoms with Crippen molar-refractivity contribution >= 4 is 0 Å². The Morgan fingerprint density at radius 1 is 0.950 bits per heavy atom. The molecule has 1 N–H and O–H groups in total. The Bertz CT molecular complexity index is 516. The van der Waals surface area contributed by atoms with Crippen LogP contribution in [0.5, 0.6) is 0 Å². The van der Waals surface area contributed by atoms with Crippen molar-refractivity contribution in [3.63, 3.8) is 0 Å². The third-order valence-electron chi connectivity index (χ3n) is 3.42. The summed E-state index contributed by atoms with van der Waals surface area (Å²) in [6.45, 7) is 5.45. The smallest absolute Gasteiger partial charge is 0.123 e. The lowest BCUT2D eigenvalue weighted by molar-refractivity contribution is 0.543. The number of benzene rings is 2. The van der Waals surface area contributed by atoms with Crippen LogP contribution in [0.15, 0.2) is 48.5 Å². The highest BCUT2D eigenvalue weighted by molar-refractivity contribution is 5.63. The van der Waals surface area contributed by atoms with Crippen molar-refractivity contribution in [3.8, 4) is 11.1 Å². The van der Waals surface area contributed by atoms with Gasteiger partial charge in [-0.05, 0) is 55.1 Å². The number of hydrogen-bond donors (Lipinski definition) is 1. The minimum atomic E-state index is -0.193. The molecule has 0 aliphatic carbocycles. The van der Waals surface area contributed by atoms with Crippen LogP contribution in [0.4, 0.5) is 4.39 Å². The Morgan fingerprint density at radius 3 is 2.05 bits per heavy atom. The first kappa shape index (κ1) is 14.7. The first-order valence-electron chi connectivity index (χ1n) is 7.27. The molecule has 2 aromatic rings. The van der Waals surface area contributed by atoms with Crippen LogP contribution in [-0.4, -0.2) is 12.6 Å². The van der Waals surface area contributed by atoms with Crippen LogP contribution in [-0.2, 0) is 6.42 Å². The highest BCUT2D eigenvalue weighted by Crippen LogP contribution is 2.20. The van der Waals surface area contributed by atoms with Gasteiger partial charge < -0.3 is 5.32 Å². The molecule has 0 aliphatic rings. The normalized spacial score (nSPS) is 12.3. The third kappa shape index (κ3) is 4.17. The monoisotopic (exact) mass is 271 g/mol. The van der Waals surface area contributed by atoms with E-state index in [0.717, 1.165) is 30.5 Å². The van der Waals surface area contributed by atoms with Gasteiger partial charge in [-0.1, -0.05) is 43.3 Å². The Morgan fingerprint density at radius 2 is 1.50 bits per heavy atom. The van der Waals surface area contributed by atoms with Gasteiger partial charge in [-0.25, -0.2) is 4.39 Å². The average Bonchev–Trinajstić information content (AvgIpc) is 2.47. The Kier molecular flexibility index (Phi) is 5.31. The Hall–Kier alpha value is -1.67. The quantitative estimate of drug-likeness (QED) is 0.820. The van der Waals surface area contributed by atoms with Crippen molar-refractivity contribution in [3.05, 3.63) is 59.9 Å². The molecule has 1 atom stereocenters. The zero-order valence-electron chi connectivity index (χ0n) is 12.2. The van der Waals surface area contributed by atoms with E-state index >= 15 is 0 Å². The lowest BCUT2D eigenvalue weighted by Crippen LogP contribution is -2.28. The van der Waals surface area contributed by atoms with Gasteiger partial charge in [0.2, 0.25) is 0 Å². The summed E-state index contributed by atoms with van der Waals surface area (Å²) in [5, 5.41) is 3.49. The molecule has 0 fully saturated rings. The maximum absolute atomic E-state index is 12.9. The first-order valence-corrected chi connectivity index (χ1v) is 7.27. The van der Waals surface area contributed by atoms with Crippen LogP contribution in [0.1, 0.15) is 25.8 Å². The van der Waals surface area contributed by atoms with E-state index in [0.29, 0.717) is 6.04 Å². The lowest BCUT2D eigenvalue weighted by Gasteiger charge is -2.13. The summed E-state index contributed by atoms with van der Waals surface area (Å²) in [7, 11) is 0. The van der Waals surface area contributed by atoms with Gasteiger partial charge in [-0.15, -0.1) is 0 Å². The number of nitrogens with one attached hydrogen (secondary N) is 1. The van der Waals surface area contributed by atoms with Crippen LogP contribution in [0.2, 0.25) is 0 Å². The Labute approximate surface area is 120 Å². The molecular formula is C18H22FN. The predicted molar refractivity (Wildman–Crippen MR) is 83.3 cm³/mol. The summed E-state index contributed by atoms with van der Waals surface area (Å²) >= 11 is 0. The molecule has 1 nitrogen and oxygen atoms in total. The summed E-state index contributed by atoms with van der Waals surface area (Å²) in [5.74, 6) is -0.193. The van der Waals surface area contributed by atoms with Gasteiger partial charge in [0.1, 0.15) is 5.82 Å². The minimum Gasteiger partial charge on any atom is -0.314 e. The first-order chi connectivity index (χ1) is 9.69. The summed E-state index contributed by atoms with van der Waals surface area (Å²) in [6, 6.07) is 15.6. The van der Waals surface area contributed by atoms with E-state index in [4.69, 9.17) is 0 Å². The molecule has 2 aromatic carbocycles. The van der Waals surface area contributed by atoms with Crippen molar-refractivity contribution in [2.75, 3.05) is 6.54 Å². The molecule has 0 radical (unpaired) electrons. The molecule has 1 unspecified atom stereocenters. The fourth-order valence-electron chi connectivity index (χ4n) is 2.29. The van der Waals surface area contributed by atoms with Crippen molar-refractivity contribution < 1.29 is 4.39 Å². The molecule has 0 saturated carbocycles. The van der Waals surface area contributed by atoms with Gasteiger partial charge in [0, 0.05) is 6.04 Å². The number of hydrogen-bond acceptors (Lipinski definition) is 1. The van der Waals surface area contributed by atoms with E-state index in [1.54, 1.807) is 0 Å². The van der Waals surface area contributed by atoms with Gasteiger partial charge >= 0.3 is 0 Å². The topological polar surface area (TPSA) is 12.0 Å². The van der Waals surface area contributed by atoms with Crippen LogP contribution >= 0.6 is 0 Å². The molecule has 0 aromatic heterocycles. The zero-order chi connectivity index (χ0) is 14.4. The maximum atomic E-state index is 12.9. The van der Waals surface area contributed by atoms with Crippen LogP contribution < -0.4 is 5.32 Å². The van der Waals surface area contributed by atoms with E-state index in [9.17, 15) is 4.39 Å². The summed E-state index contributed by atoms with van der Waals surface area (Å²) in [5.41, 5.74) is 3.50. The molecule has 0 bridgehead atoms. The fraction of sp³-hybridized carbons (Fsp3) is 0.333. The molecule has 0 aliphatic heterocycles. The standard InChI is InChI=1S/C18H22FN/c1-3-12-20-14(2)13-15-4-6-16(7-5-15)17-8-10-18(19)11-9-17/h4-11,14,20H,3,12-13H2,1-2H3. The van der Waals surface area contributed by atoms with E-state index in [1.165, 1.54) is 17.7 Å². The summed E-state index contributed by atoms with van der Waals surface area (Å²) in [4.78, 5) is 0. The molecule has 0 saturated heterocycles. The van der Waals surface area contributed by atoms with Crippen LogP contribution in [0.3, 0.4) is 0 Å². The summed E-state index contributed by atoms with van der Waals surface area (Å²) in [6.07, 6.45) is 2.19. The second-order valence-electron chi connectivity index (χ2n) is 5.26. The lowest BCUT2D eigenvalue weighted by atomic mass is 10.0. The third-order valence-corrected chi connectivity index (χ3v) is 3.42. The van der Waals surface area contributed by atoms with Gasteiger partial charge in [0.15, 0.2) is 0 Å². The van der Waals surface area contributed by atoms with Crippen molar-refractivity contribution in [2.24, 2.45) is 0 Å². The van der Waals surface area contributed by atoms with Crippen molar-refractivity contribution in [1.29, 1.82) is 0 Å². The van der Waals surface area contributed by atoms with Crippen LogP contribution in [0.25, 0.3) is 11.1 Å². The molecule has 20 heavy (non-hydrogen) atoms. The van der Waals surface area contributed by atoms with Gasteiger partial charge in [0.05, 0.1) is 0 Å². The molecule has 2 heteroatoms. The molecule has 0 spiro atoms. The van der Waals surface area contributed by atoms with E-state index in [1.807, 2.05) is 12.1 Å². The fourth-order valence-corrected chi connectivity index (χ4v) is 2.29. The molecule has 0 amide bonds. The van der Waals surface area contributed by atoms with Gasteiger partial charge in [-0.3, -0.25) is 0 Å². The second-order valence-corrected chi connectivity index (χ2v) is 5.26. The highest BCUT2D eigenvalue weighted by Gasteiger charge is 2.03. The zero-order valence-corrected chi connectivity index (χ0v) is 12.2. The SMILES string of the molecule is CCCNC(C)Cc1ccc(-c2ccc(F)cc2)cc1. The van der Waals surface area contributed by atoms with Crippen LogP contribution in [0, 0.1) is 5.82 Å². The van der Waals surface area contributed by atoms with Gasteiger partial charge in [-0.2, -0.15) is 0 Å². The number of rotatable bonds is 6. The number of halogens is 1. The van der Waals surface area contributed by atoms with Crippen molar-refractivity contribution in [2.45, 2.75) is 32.7 Å². The molecular weight excluding hydrogens is 249 g/mol. The van der Waals surface area contributed by atoms with E-state index in [-0.39, 0.29) is 5.82 Å². The van der Waals surface area contributed by atoms with E-state index in [2.05, 4.69) is 43.4 Å². The van der Waals surface area contributed by atoms with Crippen molar-refractivity contribution in [1.82, 2.24) is 5.32 Å².